The van der Waals surface area contributed by atoms with E-state index in [0.717, 1.165) is 23.6 Å². The normalized spacial score (nSPS) is 12.2. The van der Waals surface area contributed by atoms with Crippen molar-refractivity contribution in [3.8, 4) is 0 Å². The zero-order chi connectivity index (χ0) is 15.4. The second kappa shape index (κ2) is 6.59. The Morgan fingerprint density at radius 3 is 2.43 bits per heavy atom. The standard InChI is InChI=1S/C17H22N2O2/c1-11-9-16(13(3)21-11)12(2)19-10-14-5-7-15(8-6-14)17(20)18-4/h5-9,12,19H,10H2,1-4H3,(H,18,20). The fourth-order valence-electron chi connectivity index (χ4n) is 2.38. The molecular formula is C17H22N2O2. The van der Waals surface area contributed by atoms with Crippen LogP contribution in [0.4, 0.5) is 0 Å². The van der Waals surface area contributed by atoms with E-state index in [2.05, 4.69) is 23.6 Å². The molecule has 1 heterocycles. The zero-order valence-electron chi connectivity index (χ0n) is 13.0. The summed E-state index contributed by atoms with van der Waals surface area (Å²) in [7, 11) is 1.63. The van der Waals surface area contributed by atoms with E-state index in [1.165, 1.54) is 5.56 Å². The largest absolute Gasteiger partial charge is 0.466 e. The molecule has 21 heavy (non-hydrogen) atoms. The van der Waals surface area contributed by atoms with E-state index in [1.54, 1.807) is 7.05 Å². The maximum Gasteiger partial charge on any atom is 0.251 e. The van der Waals surface area contributed by atoms with Gasteiger partial charge in [-0.15, -0.1) is 0 Å². The topological polar surface area (TPSA) is 54.3 Å². The van der Waals surface area contributed by atoms with Gasteiger partial charge in [-0.3, -0.25) is 4.79 Å². The lowest BCUT2D eigenvalue weighted by Gasteiger charge is -2.13. The van der Waals surface area contributed by atoms with Crippen LogP contribution in [-0.4, -0.2) is 13.0 Å². The van der Waals surface area contributed by atoms with Crippen LogP contribution in [-0.2, 0) is 6.54 Å². The number of nitrogens with one attached hydrogen (secondary N) is 2. The summed E-state index contributed by atoms with van der Waals surface area (Å²) >= 11 is 0. The van der Waals surface area contributed by atoms with Crippen LogP contribution < -0.4 is 10.6 Å². The van der Waals surface area contributed by atoms with Crippen LogP contribution in [0.3, 0.4) is 0 Å². The van der Waals surface area contributed by atoms with Crippen molar-refractivity contribution < 1.29 is 9.21 Å². The molecule has 1 aromatic heterocycles. The van der Waals surface area contributed by atoms with E-state index in [1.807, 2.05) is 38.1 Å². The van der Waals surface area contributed by atoms with Crippen LogP contribution in [0.2, 0.25) is 0 Å². The van der Waals surface area contributed by atoms with E-state index in [0.29, 0.717) is 5.56 Å². The molecule has 2 N–H and O–H groups in total. The number of amides is 1. The van der Waals surface area contributed by atoms with Crippen LogP contribution in [0.1, 0.15) is 46.0 Å². The molecule has 0 saturated heterocycles. The van der Waals surface area contributed by atoms with Crippen molar-refractivity contribution in [2.45, 2.75) is 33.4 Å². The van der Waals surface area contributed by atoms with Gasteiger partial charge in [0, 0.05) is 30.8 Å². The quantitative estimate of drug-likeness (QED) is 0.888. The van der Waals surface area contributed by atoms with Crippen molar-refractivity contribution in [2.24, 2.45) is 0 Å². The third-order valence-electron chi connectivity index (χ3n) is 3.60. The lowest BCUT2D eigenvalue weighted by molar-refractivity contribution is 0.0963. The number of rotatable bonds is 5. The van der Waals surface area contributed by atoms with Crippen molar-refractivity contribution in [2.75, 3.05) is 7.05 Å². The molecule has 112 valence electrons. The Morgan fingerprint density at radius 1 is 1.24 bits per heavy atom. The minimum atomic E-state index is -0.0626. The van der Waals surface area contributed by atoms with Gasteiger partial charge in [0.15, 0.2) is 0 Å². The molecule has 2 rings (SSSR count). The highest BCUT2D eigenvalue weighted by atomic mass is 16.3. The summed E-state index contributed by atoms with van der Waals surface area (Å²) in [5, 5.41) is 6.09. The van der Waals surface area contributed by atoms with Crippen molar-refractivity contribution in [3.05, 3.63) is 58.5 Å². The lowest BCUT2D eigenvalue weighted by Crippen LogP contribution is -2.19. The van der Waals surface area contributed by atoms with Crippen LogP contribution in [0.5, 0.6) is 0 Å². The minimum absolute atomic E-state index is 0.0626. The number of benzene rings is 1. The van der Waals surface area contributed by atoms with Gasteiger partial charge in [-0.05, 0) is 44.5 Å². The SMILES string of the molecule is CNC(=O)c1ccc(CNC(C)c2cc(C)oc2C)cc1. The fraction of sp³-hybridized carbons (Fsp3) is 0.353. The maximum absolute atomic E-state index is 11.5. The molecule has 0 spiro atoms. The number of furan rings is 1. The molecule has 1 atom stereocenters. The van der Waals surface area contributed by atoms with Gasteiger partial charge in [-0.2, -0.15) is 0 Å². The second-order valence-electron chi connectivity index (χ2n) is 5.25. The van der Waals surface area contributed by atoms with Crippen molar-refractivity contribution in [1.29, 1.82) is 0 Å². The molecule has 0 saturated carbocycles. The predicted molar refractivity (Wildman–Crippen MR) is 83.3 cm³/mol. The molecule has 0 aliphatic heterocycles. The molecular weight excluding hydrogens is 264 g/mol. The highest BCUT2D eigenvalue weighted by Crippen LogP contribution is 2.21. The number of carbonyl (C=O) groups excluding carboxylic acids is 1. The monoisotopic (exact) mass is 286 g/mol. The average molecular weight is 286 g/mol. The summed E-state index contributed by atoms with van der Waals surface area (Å²) < 4.78 is 5.56. The molecule has 0 aliphatic carbocycles. The molecule has 1 aromatic carbocycles. The molecule has 0 aliphatic rings. The highest BCUT2D eigenvalue weighted by molar-refractivity contribution is 5.93. The minimum Gasteiger partial charge on any atom is -0.466 e. The van der Waals surface area contributed by atoms with Crippen molar-refractivity contribution >= 4 is 5.91 Å². The average Bonchev–Trinajstić information content (AvgIpc) is 2.83. The first-order valence-corrected chi connectivity index (χ1v) is 7.12. The Balaban J connectivity index is 1.96. The molecule has 0 radical (unpaired) electrons. The van der Waals surface area contributed by atoms with E-state index < -0.39 is 0 Å². The second-order valence-corrected chi connectivity index (χ2v) is 5.25. The van der Waals surface area contributed by atoms with Gasteiger partial charge >= 0.3 is 0 Å². The lowest BCUT2D eigenvalue weighted by atomic mass is 10.1. The molecule has 0 fully saturated rings. The summed E-state index contributed by atoms with van der Waals surface area (Å²) in [6.07, 6.45) is 0. The Morgan fingerprint density at radius 2 is 1.90 bits per heavy atom. The number of hydrogen-bond donors (Lipinski definition) is 2. The third-order valence-corrected chi connectivity index (χ3v) is 3.60. The zero-order valence-corrected chi connectivity index (χ0v) is 13.0. The summed E-state index contributed by atoms with van der Waals surface area (Å²) in [4.78, 5) is 11.5. The Bertz CT molecular complexity index is 614. The summed E-state index contributed by atoms with van der Waals surface area (Å²) in [5.74, 6) is 1.83. The van der Waals surface area contributed by atoms with Crippen molar-refractivity contribution in [3.63, 3.8) is 0 Å². The van der Waals surface area contributed by atoms with Crippen molar-refractivity contribution in [1.82, 2.24) is 10.6 Å². The molecule has 1 amide bonds. The molecule has 1 unspecified atom stereocenters. The summed E-state index contributed by atoms with van der Waals surface area (Å²) in [6, 6.07) is 9.92. The van der Waals surface area contributed by atoms with Gasteiger partial charge in [0.2, 0.25) is 0 Å². The van der Waals surface area contributed by atoms with Gasteiger partial charge in [-0.1, -0.05) is 12.1 Å². The van der Waals surface area contributed by atoms with Gasteiger partial charge in [0.05, 0.1) is 0 Å². The predicted octanol–water partition coefficient (Wildman–Crippen LogP) is 3.11. The fourth-order valence-corrected chi connectivity index (χ4v) is 2.38. The van der Waals surface area contributed by atoms with E-state index in [-0.39, 0.29) is 11.9 Å². The van der Waals surface area contributed by atoms with Gasteiger partial charge in [0.25, 0.3) is 5.91 Å². The van der Waals surface area contributed by atoms with E-state index in [9.17, 15) is 4.79 Å². The highest BCUT2D eigenvalue weighted by Gasteiger charge is 2.12. The van der Waals surface area contributed by atoms with Crippen LogP contribution in [0, 0.1) is 13.8 Å². The van der Waals surface area contributed by atoms with Gasteiger partial charge in [-0.25, -0.2) is 0 Å². The Labute approximate surface area is 125 Å². The first-order chi connectivity index (χ1) is 10.0. The van der Waals surface area contributed by atoms with Crippen LogP contribution in [0.25, 0.3) is 0 Å². The van der Waals surface area contributed by atoms with Gasteiger partial charge < -0.3 is 15.1 Å². The number of hydrogen-bond acceptors (Lipinski definition) is 3. The van der Waals surface area contributed by atoms with E-state index in [4.69, 9.17) is 4.42 Å². The van der Waals surface area contributed by atoms with E-state index >= 15 is 0 Å². The molecule has 4 nitrogen and oxygen atoms in total. The van der Waals surface area contributed by atoms with Crippen LogP contribution in [0.15, 0.2) is 34.7 Å². The smallest absolute Gasteiger partial charge is 0.251 e. The first-order valence-electron chi connectivity index (χ1n) is 7.12. The Kier molecular flexibility index (Phi) is 4.81. The maximum atomic E-state index is 11.5. The molecule has 4 heteroatoms. The third kappa shape index (κ3) is 3.73. The number of aryl methyl sites for hydroxylation is 2. The number of carbonyl (C=O) groups is 1. The Hall–Kier alpha value is -2.07. The molecule has 0 bridgehead atoms. The first kappa shape index (κ1) is 15.3. The van der Waals surface area contributed by atoms with Gasteiger partial charge in [0.1, 0.15) is 11.5 Å². The molecule has 2 aromatic rings. The van der Waals surface area contributed by atoms with Crippen LogP contribution >= 0.6 is 0 Å². The summed E-state index contributed by atoms with van der Waals surface area (Å²) in [6.45, 7) is 6.81. The summed E-state index contributed by atoms with van der Waals surface area (Å²) in [5.41, 5.74) is 3.01.